The molecule has 1 aromatic heterocycles. The number of aliphatic hydroxyl groups excluding tert-OH is 1. The average Bonchev–Trinajstić information content (AvgIpc) is 2.99. The molecule has 6 heteroatoms. The van der Waals surface area contributed by atoms with Crippen molar-refractivity contribution in [3.8, 4) is 5.88 Å². The summed E-state index contributed by atoms with van der Waals surface area (Å²) in [6.07, 6.45) is 3.97. The van der Waals surface area contributed by atoms with Crippen molar-refractivity contribution in [1.29, 1.82) is 0 Å². The van der Waals surface area contributed by atoms with Crippen LogP contribution in [-0.2, 0) is 22.4 Å². The minimum Gasteiger partial charge on any atom is -0.507 e. The fraction of sp³-hybridized carbons (Fsp3) is 0.263. The summed E-state index contributed by atoms with van der Waals surface area (Å²) < 4.78 is 10.7. The number of hydrogen-bond acceptors (Lipinski definition) is 5. The molecule has 0 bridgehead atoms. The lowest BCUT2D eigenvalue weighted by atomic mass is 10.1. The van der Waals surface area contributed by atoms with Crippen LogP contribution in [0.2, 0.25) is 5.02 Å². The van der Waals surface area contributed by atoms with Crippen LogP contribution in [0.5, 0.6) is 5.88 Å². The number of esters is 1. The molecule has 0 radical (unpaired) electrons. The fourth-order valence-electron chi connectivity index (χ4n) is 2.83. The van der Waals surface area contributed by atoms with Crippen LogP contribution in [-0.4, -0.2) is 28.8 Å². The second-order valence-corrected chi connectivity index (χ2v) is 6.11. The second-order valence-electron chi connectivity index (χ2n) is 5.70. The van der Waals surface area contributed by atoms with E-state index in [9.17, 15) is 9.90 Å². The van der Waals surface area contributed by atoms with E-state index in [-0.39, 0.29) is 29.1 Å². The van der Waals surface area contributed by atoms with Crippen molar-refractivity contribution in [3.63, 3.8) is 0 Å². The van der Waals surface area contributed by atoms with Crippen LogP contribution in [0.1, 0.15) is 23.6 Å². The number of ether oxygens (including phenoxy) is 2. The summed E-state index contributed by atoms with van der Waals surface area (Å²) in [5.74, 6) is -0.576. The lowest BCUT2D eigenvalue weighted by Crippen LogP contribution is -2.17. The highest BCUT2D eigenvalue weighted by atomic mass is 35.5. The molecule has 1 aliphatic carbocycles. The van der Waals surface area contributed by atoms with Gasteiger partial charge in [0.15, 0.2) is 0 Å². The molecule has 0 fully saturated rings. The molecule has 0 aliphatic heterocycles. The van der Waals surface area contributed by atoms with Gasteiger partial charge in [-0.15, -0.1) is 0 Å². The van der Waals surface area contributed by atoms with Crippen molar-refractivity contribution in [2.45, 2.75) is 25.9 Å². The van der Waals surface area contributed by atoms with Gasteiger partial charge in [-0.2, -0.15) is 0 Å². The number of carbonyl (C=O) groups is 1. The first-order chi connectivity index (χ1) is 12.1. The van der Waals surface area contributed by atoms with Gasteiger partial charge in [0, 0.05) is 24.5 Å². The standard InChI is InChI=1S/C19H18ClNO4/c1-2-24-19(23)10-17(22)15-9-18(21-11-16(15)20)25-14-7-12-5-3-4-6-13(12)8-14/h3-6,9-11,14,22H,2,7-8H2,1H3/b17-10-. The van der Waals surface area contributed by atoms with E-state index in [1.165, 1.54) is 23.4 Å². The zero-order valence-corrected chi connectivity index (χ0v) is 14.5. The molecule has 0 atom stereocenters. The van der Waals surface area contributed by atoms with Crippen molar-refractivity contribution in [2.75, 3.05) is 6.61 Å². The third-order valence-electron chi connectivity index (χ3n) is 3.95. The van der Waals surface area contributed by atoms with Crippen LogP contribution < -0.4 is 4.74 Å². The summed E-state index contributed by atoms with van der Waals surface area (Å²) in [6, 6.07) is 9.73. The van der Waals surface area contributed by atoms with E-state index in [1.807, 2.05) is 12.1 Å². The Morgan fingerprint density at radius 3 is 2.68 bits per heavy atom. The third kappa shape index (κ3) is 4.12. The van der Waals surface area contributed by atoms with Crippen LogP contribution in [0.15, 0.2) is 42.6 Å². The first kappa shape index (κ1) is 17.3. The number of nitrogens with zero attached hydrogens (tertiary/aromatic N) is 1. The number of fused-ring (bicyclic) bond motifs is 1. The van der Waals surface area contributed by atoms with Crippen LogP contribution in [0.4, 0.5) is 0 Å². The summed E-state index contributed by atoms with van der Waals surface area (Å²) >= 11 is 6.07. The van der Waals surface area contributed by atoms with Crippen LogP contribution in [0.25, 0.3) is 5.76 Å². The van der Waals surface area contributed by atoms with Gasteiger partial charge in [-0.25, -0.2) is 9.78 Å². The van der Waals surface area contributed by atoms with Gasteiger partial charge < -0.3 is 14.6 Å². The molecule has 1 aliphatic rings. The fourth-order valence-corrected chi connectivity index (χ4v) is 3.03. The predicted octanol–water partition coefficient (Wildman–Crippen LogP) is 3.74. The van der Waals surface area contributed by atoms with Gasteiger partial charge in [0.25, 0.3) is 0 Å². The molecular formula is C19H18ClNO4. The molecule has 1 N–H and O–H groups in total. The number of pyridine rings is 1. The minimum atomic E-state index is -0.637. The number of carbonyl (C=O) groups excluding carboxylic acids is 1. The molecule has 0 spiro atoms. The van der Waals surface area contributed by atoms with Gasteiger partial charge in [-0.1, -0.05) is 35.9 Å². The molecule has 25 heavy (non-hydrogen) atoms. The Morgan fingerprint density at radius 1 is 1.36 bits per heavy atom. The maximum atomic E-state index is 11.5. The summed E-state index contributed by atoms with van der Waals surface area (Å²) in [7, 11) is 0. The Kier molecular flexibility index (Phi) is 5.24. The highest BCUT2D eigenvalue weighted by molar-refractivity contribution is 6.32. The van der Waals surface area contributed by atoms with Gasteiger partial charge >= 0.3 is 5.97 Å². The summed E-state index contributed by atoms with van der Waals surface area (Å²) in [5.41, 5.74) is 2.81. The first-order valence-electron chi connectivity index (χ1n) is 8.03. The lowest BCUT2D eigenvalue weighted by Gasteiger charge is -2.13. The summed E-state index contributed by atoms with van der Waals surface area (Å²) in [6.45, 7) is 1.91. The lowest BCUT2D eigenvalue weighted by molar-refractivity contribution is -0.137. The molecule has 0 amide bonds. The van der Waals surface area contributed by atoms with Crippen molar-refractivity contribution in [1.82, 2.24) is 4.98 Å². The highest BCUT2D eigenvalue weighted by Gasteiger charge is 2.23. The molecular weight excluding hydrogens is 342 g/mol. The van der Waals surface area contributed by atoms with E-state index < -0.39 is 5.97 Å². The topological polar surface area (TPSA) is 68.7 Å². The number of aliphatic hydroxyl groups is 1. The number of hydrogen-bond donors (Lipinski definition) is 1. The smallest absolute Gasteiger partial charge is 0.334 e. The molecule has 5 nitrogen and oxygen atoms in total. The molecule has 1 heterocycles. The minimum absolute atomic E-state index is 0.0184. The Labute approximate surface area is 150 Å². The average molecular weight is 360 g/mol. The van der Waals surface area contributed by atoms with Crippen molar-refractivity contribution >= 4 is 23.3 Å². The predicted molar refractivity (Wildman–Crippen MR) is 94.8 cm³/mol. The van der Waals surface area contributed by atoms with Crippen LogP contribution in [0.3, 0.4) is 0 Å². The van der Waals surface area contributed by atoms with E-state index in [0.29, 0.717) is 5.88 Å². The number of benzene rings is 1. The maximum Gasteiger partial charge on any atom is 0.334 e. The molecule has 2 aromatic rings. The summed E-state index contributed by atoms with van der Waals surface area (Å²) in [4.78, 5) is 15.6. The van der Waals surface area contributed by atoms with E-state index in [1.54, 1.807) is 6.92 Å². The molecule has 0 saturated carbocycles. The maximum absolute atomic E-state index is 11.5. The zero-order valence-electron chi connectivity index (χ0n) is 13.7. The van der Waals surface area contributed by atoms with E-state index in [2.05, 4.69) is 17.1 Å². The highest BCUT2D eigenvalue weighted by Crippen LogP contribution is 2.28. The monoisotopic (exact) mass is 359 g/mol. The molecule has 3 rings (SSSR count). The Balaban J connectivity index is 1.75. The first-order valence-corrected chi connectivity index (χ1v) is 8.41. The number of aromatic nitrogens is 1. The Bertz CT molecular complexity index is 794. The van der Waals surface area contributed by atoms with Crippen LogP contribution >= 0.6 is 11.6 Å². The van der Waals surface area contributed by atoms with E-state index >= 15 is 0 Å². The van der Waals surface area contributed by atoms with E-state index in [4.69, 9.17) is 21.1 Å². The number of halogens is 1. The zero-order chi connectivity index (χ0) is 17.8. The second kappa shape index (κ2) is 7.57. The van der Waals surface area contributed by atoms with E-state index in [0.717, 1.165) is 18.9 Å². The van der Waals surface area contributed by atoms with Gasteiger partial charge in [-0.05, 0) is 18.1 Å². The number of rotatable bonds is 5. The molecule has 0 saturated heterocycles. The quantitative estimate of drug-likeness (QED) is 0.500. The SMILES string of the molecule is CCOC(=O)/C=C(\O)c1cc(OC2Cc3ccccc3C2)ncc1Cl. The molecule has 130 valence electrons. The normalized spacial score (nSPS) is 14.2. The third-order valence-corrected chi connectivity index (χ3v) is 4.25. The summed E-state index contributed by atoms with van der Waals surface area (Å²) in [5, 5.41) is 10.3. The van der Waals surface area contributed by atoms with Crippen molar-refractivity contribution < 1.29 is 19.4 Å². The molecule has 0 unspecified atom stereocenters. The molecule has 1 aromatic carbocycles. The largest absolute Gasteiger partial charge is 0.507 e. The van der Waals surface area contributed by atoms with Crippen molar-refractivity contribution in [2.24, 2.45) is 0 Å². The van der Waals surface area contributed by atoms with Crippen molar-refractivity contribution in [3.05, 3.63) is 64.3 Å². The Morgan fingerprint density at radius 2 is 2.04 bits per heavy atom. The Hall–Kier alpha value is -2.53. The van der Waals surface area contributed by atoms with Crippen LogP contribution in [0, 0.1) is 0 Å². The van der Waals surface area contributed by atoms with Gasteiger partial charge in [-0.3, -0.25) is 0 Å². The van der Waals surface area contributed by atoms with Gasteiger partial charge in [0.05, 0.1) is 23.9 Å². The van der Waals surface area contributed by atoms with Gasteiger partial charge in [0.2, 0.25) is 5.88 Å². The van der Waals surface area contributed by atoms with Gasteiger partial charge in [0.1, 0.15) is 11.9 Å².